The first-order valence-corrected chi connectivity index (χ1v) is 19.1. The van der Waals surface area contributed by atoms with E-state index in [1.807, 2.05) is 0 Å². The van der Waals surface area contributed by atoms with Gasteiger partial charge in [0.05, 0.1) is 51.0 Å². The monoisotopic (exact) mass is 862 g/mol. The van der Waals surface area contributed by atoms with Crippen molar-refractivity contribution in [2.24, 2.45) is 11.8 Å². The molecular formula is C35H58O24. The molecule has 4 saturated heterocycles. The Balaban J connectivity index is 1.42. The van der Waals surface area contributed by atoms with Gasteiger partial charge < -0.3 is 104 Å². The second-order valence-electron chi connectivity index (χ2n) is 14.9. The predicted molar refractivity (Wildman–Crippen MR) is 186 cm³/mol. The Kier molecular flexibility index (Phi) is 18.5. The average molecular weight is 863 g/mol. The van der Waals surface area contributed by atoms with Crippen molar-refractivity contribution in [3.8, 4) is 0 Å². The van der Waals surface area contributed by atoms with Crippen LogP contribution in [0.2, 0.25) is 0 Å². The molecule has 4 aliphatic heterocycles. The first-order valence-electron chi connectivity index (χ1n) is 19.1. The largest absolute Gasteiger partial charge is 0.481 e. The minimum absolute atomic E-state index is 0.529. The molecule has 24 nitrogen and oxygen atoms in total. The van der Waals surface area contributed by atoms with Gasteiger partial charge in [-0.1, -0.05) is 6.92 Å². The molecule has 21 atom stereocenters. The molecule has 4 heterocycles. The van der Waals surface area contributed by atoms with E-state index in [2.05, 4.69) is 0 Å². The highest BCUT2D eigenvalue weighted by atomic mass is 16.8. The Labute approximate surface area is 337 Å². The van der Waals surface area contributed by atoms with Gasteiger partial charge in [-0.2, -0.15) is 0 Å². The number of aliphatic hydroxyl groups excluding tert-OH is 10. The minimum atomic E-state index is -1.87. The van der Waals surface area contributed by atoms with Gasteiger partial charge in [0.2, 0.25) is 0 Å². The van der Waals surface area contributed by atoms with Gasteiger partial charge in [-0.15, -0.1) is 0 Å². The summed E-state index contributed by atoms with van der Waals surface area (Å²) in [5.41, 5.74) is 0. The molecule has 11 N–H and O–H groups in total. The van der Waals surface area contributed by atoms with Gasteiger partial charge in [0, 0.05) is 26.6 Å². The Morgan fingerprint density at radius 1 is 0.542 bits per heavy atom. The zero-order chi connectivity index (χ0) is 43.9. The van der Waals surface area contributed by atoms with Crippen molar-refractivity contribution in [1.82, 2.24) is 0 Å². The molecule has 0 amide bonds. The minimum Gasteiger partial charge on any atom is -0.481 e. The number of aliphatic hydroxyl groups is 10. The van der Waals surface area contributed by atoms with E-state index in [0.717, 1.165) is 0 Å². The Hall–Kier alpha value is -2.31. The van der Waals surface area contributed by atoms with Crippen LogP contribution < -0.4 is 0 Å². The van der Waals surface area contributed by atoms with Crippen molar-refractivity contribution in [1.29, 1.82) is 0 Å². The molecule has 0 bridgehead atoms. The number of ether oxygens (including phenoxy) is 10. The summed E-state index contributed by atoms with van der Waals surface area (Å²) in [5, 5.41) is 114. The summed E-state index contributed by atoms with van der Waals surface area (Å²) >= 11 is 0. The normalized spacial score (nSPS) is 43.4. The molecule has 9 unspecified atom stereocenters. The summed E-state index contributed by atoms with van der Waals surface area (Å²) in [6, 6.07) is 0. The Morgan fingerprint density at radius 3 is 1.61 bits per heavy atom. The number of methoxy groups -OCH3 is 2. The van der Waals surface area contributed by atoms with Crippen LogP contribution in [0.1, 0.15) is 33.1 Å². The lowest BCUT2D eigenvalue weighted by atomic mass is 9.90. The van der Waals surface area contributed by atoms with Crippen LogP contribution in [-0.4, -0.2) is 231 Å². The molecule has 4 aliphatic rings. The first kappa shape index (κ1) is 49.3. The third-order valence-corrected chi connectivity index (χ3v) is 11.0. The van der Waals surface area contributed by atoms with Crippen molar-refractivity contribution < 1.29 is 118 Å². The molecule has 59 heavy (non-hydrogen) atoms. The van der Waals surface area contributed by atoms with E-state index in [9.17, 15) is 70.6 Å². The fraction of sp³-hybridized carbons (Fsp3) is 0.914. The van der Waals surface area contributed by atoms with Gasteiger partial charge in [0.15, 0.2) is 31.1 Å². The average Bonchev–Trinajstić information content (AvgIpc) is 3.21. The summed E-state index contributed by atoms with van der Waals surface area (Å²) in [7, 11) is 2.35. The number of rotatable bonds is 18. The zero-order valence-electron chi connectivity index (χ0n) is 32.8. The van der Waals surface area contributed by atoms with E-state index >= 15 is 0 Å². The van der Waals surface area contributed by atoms with E-state index in [0.29, 0.717) is 0 Å². The maximum Gasteiger partial charge on any atom is 0.307 e. The topological polar surface area (TPSA) is 366 Å². The summed E-state index contributed by atoms with van der Waals surface area (Å²) in [6.07, 6.45) is -30.3. The van der Waals surface area contributed by atoms with E-state index < -0.39 is 192 Å². The molecule has 4 fully saturated rings. The standard InChI is InChI=1S/C35H58O24/c1-12-15(8-36)53-35(59-28-17(10-38)54-33(51-4)25(46)24(28)45)31(21(12)42)57-20(41)7-14(32(48)49)5-6-19(40)56-30-26(47)34(55-18(11-39)29(30)50-3)58-27-16(9-37)52-13(2)22(43)23(27)44/h12-18,21-31,33-39,42-47H,5-11H2,1-4H3,(H,48,49)/t12-,13+,14?,15?,16?,17+,18+,21+,22?,23-,24?,25?,26?,27-,28+,29+,30?,31?,33+,34-,35+/m1/s1. The van der Waals surface area contributed by atoms with Crippen molar-refractivity contribution in [2.75, 3.05) is 40.6 Å². The van der Waals surface area contributed by atoms with Crippen molar-refractivity contribution in [2.45, 2.75) is 150 Å². The smallest absolute Gasteiger partial charge is 0.307 e. The third-order valence-electron chi connectivity index (χ3n) is 11.0. The Morgan fingerprint density at radius 2 is 1.05 bits per heavy atom. The molecule has 0 aromatic heterocycles. The number of aliphatic carboxylic acids is 1. The number of carbonyl (C=O) groups excluding carboxylic acids is 2. The lowest BCUT2D eigenvalue weighted by molar-refractivity contribution is -0.353. The predicted octanol–water partition coefficient (Wildman–Crippen LogP) is -6.15. The third kappa shape index (κ3) is 11.4. The molecule has 0 saturated carbocycles. The van der Waals surface area contributed by atoms with Gasteiger partial charge in [-0.25, -0.2) is 0 Å². The number of hydrogen-bond donors (Lipinski definition) is 11. The van der Waals surface area contributed by atoms with Crippen LogP contribution in [-0.2, 0) is 61.8 Å². The van der Waals surface area contributed by atoms with Crippen molar-refractivity contribution in [3.05, 3.63) is 0 Å². The van der Waals surface area contributed by atoms with Crippen LogP contribution in [0.15, 0.2) is 0 Å². The van der Waals surface area contributed by atoms with E-state index in [4.69, 9.17) is 47.4 Å². The summed E-state index contributed by atoms with van der Waals surface area (Å²) < 4.78 is 55.0. The SMILES string of the molecule is CO[C@H]1O[C@@H](CO)[C@H](O[C@@H]2OC(CO)[C@@H](C)[C@H](O)C2OC(=O)CC(CCC(=O)OC2C(O)[C@@H](O[C@@H]3C(CO)O[C@@H](C)C(O)[C@H]3O)O[C@@H](CO)[C@@H]2OC)C(=O)O)C(O)C1O. The number of carbonyl (C=O) groups is 3. The number of carboxylic acids is 1. The molecular weight excluding hydrogens is 804 g/mol. The quantitative estimate of drug-likeness (QED) is 0.0571. The lowest BCUT2D eigenvalue weighted by Crippen LogP contribution is -2.65. The first-order chi connectivity index (χ1) is 28.0. The summed E-state index contributed by atoms with van der Waals surface area (Å²) in [5.74, 6) is -6.32. The van der Waals surface area contributed by atoms with E-state index in [1.165, 1.54) is 28.1 Å². The molecule has 0 spiro atoms. The molecule has 24 heteroatoms. The van der Waals surface area contributed by atoms with Crippen LogP contribution in [0.4, 0.5) is 0 Å². The van der Waals surface area contributed by atoms with Crippen molar-refractivity contribution >= 4 is 17.9 Å². The molecule has 0 radical (unpaired) electrons. The van der Waals surface area contributed by atoms with E-state index in [-0.39, 0.29) is 0 Å². The maximum absolute atomic E-state index is 13.2. The van der Waals surface area contributed by atoms with Crippen LogP contribution in [0.3, 0.4) is 0 Å². The van der Waals surface area contributed by atoms with Gasteiger partial charge in [-0.3, -0.25) is 14.4 Å². The molecule has 0 aliphatic carbocycles. The molecule has 342 valence electrons. The van der Waals surface area contributed by atoms with Gasteiger partial charge >= 0.3 is 17.9 Å². The maximum atomic E-state index is 13.2. The van der Waals surface area contributed by atoms with Gasteiger partial charge in [0.25, 0.3) is 0 Å². The highest BCUT2D eigenvalue weighted by Crippen LogP contribution is 2.34. The molecule has 0 aromatic carbocycles. The zero-order valence-corrected chi connectivity index (χ0v) is 32.8. The van der Waals surface area contributed by atoms with Crippen LogP contribution in [0.5, 0.6) is 0 Å². The van der Waals surface area contributed by atoms with E-state index in [1.54, 1.807) is 0 Å². The second-order valence-corrected chi connectivity index (χ2v) is 14.9. The van der Waals surface area contributed by atoms with Crippen LogP contribution >= 0.6 is 0 Å². The highest BCUT2D eigenvalue weighted by molar-refractivity contribution is 5.79. The van der Waals surface area contributed by atoms with Crippen LogP contribution in [0.25, 0.3) is 0 Å². The Bertz CT molecular complexity index is 1340. The molecule has 4 rings (SSSR count). The number of hydrogen-bond acceptors (Lipinski definition) is 23. The molecule has 0 aromatic rings. The van der Waals surface area contributed by atoms with Crippen LogP contribution in [0, 0.1) is 11.8 Å². The number of esters is 2. The fourth-order valence-electron chi connectivity index (χ4n) is 7.45. The second kappa shape index (κ2) is 22.2. The van der Waals surface area contributed by atoms with Crippen molar-refractivity contribution in [3.63, 3.8) is 0 Å². The van der Waals surface area contributed by atoms with Gasteiger partial charge in [-0.05, 0) is 13.3 Å². The highest BCUT2D eigenvalue weighted by Gasteiger charge is 2.54. The fourth-order valence-corrected chi connectivity index (χ4v) is 7.45. The summed E-state index contributed by atoms with van der Waals surface area (Å²) in [6.45, 7) is 0.125. The summed E-state index contributed by atoms with van der Waals surface area (Å²) in [4.78, 5) is 38.7. The van der Waals surface area contributed by atoms with Gasteiger partial charge in [0.1, 0.15) is 73.2 Å². The lowest BCUT2D eigenvalue weighted by Gasteiger charge is -2.47. The number of carboxylic acid groups (broad SMARTS) is 1.